The van der Waals surface area contributed by atoms with Gasteiger partial charge in [0.05, 0.1) is 0 Å². The van der Waals surface area contributed by atoms with Gasteiger partial charge in [0.1, 0.15) is 5.82 Å². The molecule has 0 saturated heterocycles. The van der Waals surface area contributed by atoms with Gasteiger partial charge in [-0.15, -0.1) is 0 Å². The lowest BCUT2D eigenvalue weighted by molar-refractivity contribution is 0.625. The highest BCUT2D eigenvalue weighted by atomic mass is 32.1. The number of rotatable bonds is 1. The summed E-state index contributed by atoms with van der Waals surface area (Å²) in [4.78, 5) is 0. The second kappa shape index (κ2) is 3.06. The molecule has 1 rings (SSSR count). The van der Waals surface area contributed by atoms with Crippen LogP contribution in [0.2, 0.25) is 0 Å². The highest BCUT2D eigenvalue weighted by Gasteiger charge is 1.98. The Morgan fingerprint density at radius 3 is 2.60 bits per heavy atom. The summed E-state index contributed by atoms with van der Waals surface area (Å²) in [7, 11) is 0. The van der Waals surface area contributed by atoms with Crippen molar-refractivity contribution >= 4 is 12.6 Å². The van der Waals surface area contributed by atoms with Gasteiger partial charge in [-0.1, -0.05) is 12.1 Å². The average molecular weight is 156 g/mol. The Labute approximate surface area is 65.5 Å². The SMILES string of the molecule is CC(S)c1cccc(F)c1. The maximum atomic E-state index is 12.5. The highest BCUT2D eigenvalue weighted by Crippen LogP contribution is 2.18. The third-order valence-electron chi connectivity index (χ3n) is 1.33. The van der Waals surface area contributed by atoms with Crippen LogP contribution in [0.4, 0.5) is 4.39 Å². The van der Waals surface area contributed by atoms with Gasteiger partial charge in [0.2, 0.25) is 0 Å². The predicted octanol–water partition coefficient (Wildman–Crippen LogP) is 2.82. The third kappa shape index (κ3) is 1.74. The van der Waals surface area contributed by atoms with Crippen molar-refractivity contribution in [2.24, 2.45) is 0 Å². The lowest BCUT2D eigenvalue weighted by Crippen LogP contribution is -1.84. The van der Waals surface area contributed by atoms with Gasteiger partial charge in [0.15, 0.2) is 0 Å². The van der Waals surface area contributed by atoms with Gasteiger partial charge in [-0.25, -0.2) is 4.39 Å². The summed E-state index contributed by atoms with van der Waals surface area (Å²) in [6, 6.07) is 6.48. The third-order valence-corrected chi connectivity index (χ3v) is 1.63. The predicted molar refractivity (Wildman–Crippen MR) is 43.8 cm³/mol. The summed E-state index contributed by atoms with van der Waals surface area (Å²) in [6.07, 6.45) is 0. The van der Waals surface area contributed by atoms with Gasteiger partial charge < -0.3 is 0 Å². The van der Waals surface area contributed by atoms with E-state index in [2.05, 4.69) is 12.6 Å². The van der Waals surface area contributed by atoms with Crippen molar-refractivity contribution in [3.8, 4) is 0 Å². The van der Waals surface area contributed by atoms with Crippen LogP contribution in [0.5, 0.6) is 0 Å². The van der Waals surface area contributed by atoms with Crippen molar-refractivity contribution in [1.82, 2.24) is 0 Å². The lowest BCUT2D eigenvalue weighted by atomic mass is 10.2. The van der Waals surface area contributed by atoms with Crippen LogP contribution in [0, 0.1) is 5.82 Å². The van der Waals surface area contributed by atoms with Crippen LogP contribution in [0.3, 0.4) is 0 Å². The summed E-state index contributed by atoms with van der Waals surface area (Å²) >= 11 is 4.17. The molecule has 1 atom stereocenters. The van der Waals surface area contributed by atoms with E-state index in [1.54, 1.807) is 6.07 Å². The first-order valence-corrected chi connectivity index (χ1v) is 3.65. The summed E-state index contributed by atoms with van der Waals surface area (Å²) < 4.78 is 12.5. The molecule has 0 aliphatic rings. The molecule has 0 aliphatic carbocycles. The molecule has 0 spiro atoms. The molecule has 0 N–H and O–H groups in total. The van der Waals surface area contributed by atoms with E-state index in [4.69, 9.17) is 0 Å². The van der Waals surface area contributed by atoms with Crippen LogP contribution in [-0.4, -0.2) is 0 Å². The molecule has 2 heteroatoms. The first-order chi connectivity index (χ1) is 4.70. The summed E-state index contributed by atoms with van der Waals surface area (Å²) in [5.41, 5.74) is 0.920. The quantitative estimate of drug-likeness (QED) is 0.594. The molecule has 0 fully saturated rings. The van der Waals surface area contributed by atoms with Gasteiger partial charge in [-0.05, 0) is 24.6 Å². The Morgan fingerprint density at radius 1 is 1.50 bits per heavy atom. The van der Waals surface area contributed by atoms with E-state index in [-0.39, 0.29) is 11.1 Å². The largest absolute Gasteiger partial charge is 0.207 e. The fraction of sp³-hybridized carbons (Fsp3) is 0.250. The number of hydrogen-bond donors (Lipinski definition) is 1. The molecule has 0 aliphatic heterocycles. The fourth-order valence-corrected chi connectivity index (χ4v) is 0.927. The monoisotopic (exact) mass is 156 g/mol. The van der Waals surface area contributed by atoms with E-state index in [1.807, 2.05) is 13.0 Å². The molecule has 10 heavy (non-hydrogen) atoms. The maximum Gasteiger partial charge on any atom is 0.123 e. The minimum absolute atomic E-state index is 0.107. The van der Waals surface area contributed by atoms with Crippen molar-refractivity contribution < 1.29 is 4.39 Å². The van der Waals surface area contributed by atoms with E-state index in [0.29, 0.717) is 0 Å². The molecule has 1 aromatic rings. The van der Waals surface area contributed by atoms with Gasteiger partial charge in [-0.2, -0.15) is 12.6 Å². The van der Waals surface area contributed by atoms with Crippen LogP contribution in [0.15, 0.2) is 24.3 Å². The summed E-state index contributed by atoms with van der Waals surface area (Å²) in [5.74, 6) is -0.196. The van der Waals surface area contributed by atoms with E-state index in [1.165, 1.54) is 12.1 Å². The normalized spacial score (nSPS) is 13.1. The van der Waals surface area contributed by atoms with Crippen molar-refractivity contribution in [2.45, 2.75) is 12.2 Å². The van der Waals surface area contributed by atoms with Crippen molar-refractivity contribution in [1.29, 1.82) is 0 Å². The van der Waals surface area contributed by atoms with Crippen molar-refractivity contribution in [3.63, 3.8) is 0 Å². The van der Waals surface area contributed by atoms with Crippen LogP contribution in [0.25, 0.3) is 0 Å². The Hall–Kier alpha value is -0.500. The second-order valence-electron chi connectivity index (χ2n) is 2.23. The molecule has 0 aromatic heterocycles. The second-order valence-corrected chi connectivity index (χ2v) is 3.01. The molecule has 0 radical (unpaired) electrons. The minimum Gasteiger partial charge on any atom is -0.207 e. The van der Waals surface area contributed by atoms with Crippen LogP contribution >= 0.6 is 12.6 Å². The van der Waals surface area contributed by atoms with Gasteiger partial charge in [0, 0.05) is 5.25 Å². The first-order valence-electron chi connectivity index (χ1n) is 3.13. The van der Waals surface area contributed by atoms with Crippen LogP contribution in [-0.2, 0) is 0 Å². The average Bonchev–Trinajstić information content (AvgIpc) is 1.88. The zero-order valence-corrected chi connectivity index (χ0v) is 6.61. The summed E-state index contributed by atoms with van der Waals surface area (Å²) in [5, 5.41) is 0.107. The number of hydrogen-bond acceptors (Lipinski definition) is 1. The van der Waals surface area contributed by atoms with Gasteiger partial charge in [0.25, 0.3) is 0 Å². The Morgan fingerprint density at radius 2 is 2.20 bits per heavy atom. The Balaban J connectivity index is 2.96. The molecule has 0 saturated carbocycles. The lowest BCUT2D eigenvalue weighted by Gasteiger charge is -2.02. The molecular weight excluding hydrogens is 147 g/mol. The number of halogens is 1. The molecule has 0 bridgehead atoms. The van der Waals surface area contributed by atoms with Crippen LogP contribution < -0.4 is 0 Å². The fourth-order valence-electron chi connectivity index (χ4n) is 0.766. The summed E-state index contributed by atoms with van der Waals surface area (Å²) in [6.45, 7) is 1.91. The molecule has 1 aromatic carbocycles. The highest BCUT2D eigenvalue weighted by molar-refractivity contribution is 7.80. The molecule has 0 heterocycles. The van der Waals surface area contributed by atoms with Gasteiger partial charge in [-0.3, -0.25) is 0 Å². The smallest absolute Gasteiger partial charge is 0.123 e. The number of benzene rings is 1. The van der Waals surface area contributed by atoms with Crippen molar-refractivity contribution in [3.05, 3.63) is 35.6 Å². The van der Waals surface area contributed by atoms with E-state index < -0.39 is 0 Å². The molecular formula is C8H9FS. The molecule has 0 amide bonds. The van der Waals surface area contributed by atoms with Gasteiger partial charge >= 0.3 is 0 Å². The zero-order valence-electron chi connectivity index (χ0n) is 5.71. The van der Waals surface area contributed by atoms with E-state index >= 15 is 0 Å². The topological polar surface area (TPSA) is 0 Å². The Kier molecular flexibility index (Phi) is 2.33. The molecule has 1 unspecified atom stereocenters. The van der Waals surface area contributed by atoms with Crippen molar-refractivity contribution in [2.75, 3.05) is 0 Å². The maximum absolute atomic E-state index is 12.5. The number of thiol groups is 1. The zero-order chi connectivity index (χ0) is 7.56. The van der Waals surface area contributed by atoms with E-state index in [0.717, 1.165) is 5.56 Å². The molecule has 0 nitrogen and oxygen atoms in total. The van der Waals surface area contributed by atoms with Crippen LogP contribution in [0.1, 0.15) is 17.7 Å². The minimum atomic E-state index is -0.196. The first kappa shape index (κ1) is 7.61. The standard InChI is InChI=1S/C8H9FS/c1-6(10)7-3-2-4-8(9)5-7/h2-6,10H,1H3. The molecule has 54 valence electrons. The Bertz CT molecular complexity index is 220. The van der Waals surface area contributed by atoms with E-state index in [9.17, 15) is 4.39 Å².